The molecule has 2 unspecified atom stereocenters. The van der Waals surface area contributed by atoms with Crippen LogP contribution in [0.5, 0.6) is 11.5 Å². The van der Waals surface area contributed by atoms with Gasteiger partial charge in [0.1, 0.15) is 11.5 Å². The quantitative estimate of drug-likeness (QED) is 0.110. The van der Waals surface area contributed by atoms with Crippen LogP contribution in [0.15, 0.2) is 72.8 Å². The summed E-state index contributed by atoms with van der Waals surface area (Å²) >= 11 is 0. The highest BCUT2D eigenvalue weighted by Gasteiger charge is 2.88. The number of hydrogen-bond acceptors (Lipinski definition) is 3. The van der Waals surface area contributed by atoms with E-state index in [-0.39, 0.29) is 11.3 Å². The van der Waals surface area contributed by atoms with Gasteiger partial charge in [-0.3, -0.25) is 0 Å². The van der Waals surface area contributed by atoms with Crippen molar-refractivity contribution in [3.63, 3.8) is 0 Å². The molecule has 0 bridgehead atoms. The Labute approximate surface area is 248 Å². The van der Waals surface area contributed by atoms with Crippen molar-refractivity contribution < 1.29 is 67.0 Å². The van der Waals surface area contributed by atoms with Crippen molar-refractivity contribution in [3.8, 4) is 22.6 Å². The third-order valence-electron chi connectivity index (χ3n) is 6.81. The van der Waals surface area contributed by atoms with E-state index < -0.39 is 47.9 Å². The number of carbonyl (C=O) groups is 1. The highest BCUT2D eigenvalue weighted by Crippen LogP contribution is 2.58. The Bertz CT molecular complexity index is 1440. The molecule has 0 fully saturated rings. The molecule has 45 heavy (non-hydrogen) atoms. The molecule has 2 atom stereocenters. The first-order valence-electron chi connectivity index (χ1n) is 13.1. The lowest BCUT2D eigenvalue weighted by Crippen LogP contribution is -2.68. The van der Waals surface area contributed by atoms with Crippen LogP contribution >= 0.6 is 0 Å². The van der Waals surface area contributed by atoms with Crippen LogP contribution in [0.4, 0.5) is 52.7 Å². The molecule has 0 aliphatic carbocycles. The Kier molecular flexibility index (Phi) is 10.1. The molecule has 3 nitrogen and oxygen atoms in total. The van der Waals surface area contributed by atoms with Gasteiger partial charge in [0.15, 0.2) is 0 Å². The maximum atomic E-state index is 14.0. The number of alkyl halides is 12. The van der Waals surface area contributed by atoms with Crippen molar-refractivity contribution in [2.45, 2.75) is 62.9 Å². The Morgan fingerprint density at radius 2 is 1.13 bits per heavy atom. The normalized spacial score (nSPS) is 14.5. The molecule has 0 aliphatic rings. The molecular weight excluding hydrogens is 636 g/mol. The van der Waals surface area contributed by atoms with Crippen LogP contribution in [0.2, 0.25) is 0 Å². The Morgan fingerprint density at radius 1 is 0.667 bits per heavy atom. The number of esters is 1. The lowest BCUT2D eigenvalue weighted by molar-refractivity contribution is -0.432. The number of hydrogen-bond donors (Lipinski definition) is 0. The van der Waals surface area contributed by atoms with E-state index in [1.165, 1.54) is 17.7 Å². The van der Waals surface area contributed by atoms with Crippen LogP contribution in [-0.4, -0.2) is 42.2 Å². The molecule has 3 aromatic carbocycles. The van der Waals surface area contributed by atoms with Crippen LogP contribution in [0.3, 0.4) is 0 Å². The second kappa shape index (κ2) is 12.8. The van der Waals surface area contributed by atoms with Crippen molar-refractivity contribution >= 4 is 5.97 Å². The van der Waals surface area contributed by atoms with E-state index in [9.17, 15) is 57.5 Å². The molecule has 3 aromatic rings. The van der Waals surface area contributed by atoms with E-state index in [1.807, 2.05) is 24.3 Å². The fraction of sp³-hybridized carbons (Fsp3) is 0.367. The van der Waals surface area contributed by atoms with Crippen LogP contribution in [-0.2, 0) is 6.42 Å². The predicted octanol–water partition coefficient (Wildman–Crippen LogP) is 9.94. The lowest BCUT2D eigenvalue weighted by Gasteiger charge is -2.37. The van der Waals surface area contributed by atoms with Crippen LogP contribution in [0, 0.1) is 5.92 Å². The van der Waals surface area contributed by atoms with E-state index >= 15 is 0 Å². The standard InChI is InChI=1S/C30H24F12O3/c1-3-17(2)16-18-4-6-19(7-5-18)20-8-10-21(11-9-20)24(43)44-22-12-14-23(15-13-22)45-25(31)26(32,33)27(34,35)28(36,37)29(38,39)30(40,41)42/h4-15,17,25H,3,16H2,1-2H3. The summed E-state index contributed by atoms with van der Waals surface area (Å²) in [7, 11) is 0. The van der Waals surface area contributed by atoms with Gasteiger partial charge in [-0.1, -0.05) is 56.7 Å². The molecule has 0 amide bonds. The summed E-state index contributed by atoms with van der Waals surface area (Å²) in [6, 6.07) is 16.7. The van der Waals surface area contributed by atoms with E-state index in [2.05, 4.69) is 18.6 Å². The van der Waals surface area contributed by atoms with E-state index in [1.54, 1.807) is 12.1 Å². The minimum Gasteiger partial charge on any atom is -0.454 e. The summed E-state index contributed by atoms with van der Waals surface area (Å²) in [5.41, 5.74) is 2.90. The van der Waals surface area contributed by atoms with Crippen molar-refractivity contribution in [2.24, 2.45) is 5.92 Å². The van der Waals surface area contributed by atoms with Gasteiger partial charge in [-0.25, -0.2) is 4.79 Å². The average Bonchev–Trinajstić information content (AvgIpc) is 2.97. The smallest absolute Gasteiger partial charge is 0.454 e. The number of benzene rings is 3. The van der Waals surface area contributed by atoms with Gasteiger partial charge in [-0.2, -0.15) is 52.7 Å². The monoisotopic (exact) mass is 660 g/mol. The van der Waals surface area contributed by atoms with Crippen molar-refractivity contribution in [1.82, 2.24) is 0 Å². The third kappa shape index (κ3) is 7.17. The molecule has 0 aromatic heterocycles. The summed E-state index contributed by atoms with van der Waals surface area (Å²) in [5.74, 6) is -31.7. The molecule has 0 saturated heterocycles. The SMILES string of the molecule is CCC(C)Cc1ccc(-c2ccc(C(=O)Oc3ccc(OC(F)C(F)(F)C(F)(F)C(F)(F)C(F)(F)C(F)(F)F)cc3)cc2)cc1. The minimum absolute atomic E-state index is 0.0646. The number of halogens is 12. The molecule has 0 N–H and O–H groups in total. The minimum atomic E-state index is -7.77. The highest BCUT2D eigenvalue weighted by molar-refractivity contribution is 5.91. The lowest BCUT2D eigenvalue weighted by atomic mass is 9.96. The third-order valence-corrected chi connectivity index (χ3v) is 6.81. The second-order valence-corrected chi connectivity index (χ2v) is 10.1. The van der Waals surface area contributed by atoms with Gasteiger partial charge in [0, 0.05) is 0 Å². The summed E-state index contributed by atoms with van der Waals surface area (Å²) in [4.78, 5) is 12.5. The van der Waals surface area contributed by atoms with Gasteiger partial charge < -0.3 is 9.47 Å². The first kappa shape index (κ1) is 35.6. The highest BCUT2D eigenvalue weighted by atomic mass is 19.4. The molecular formula is C30H24F12O3. The van der Waals surface area contributed by atoms with Crippen LogP contribution < -0.4 is 9.47 Å². The molecule has 0 heterocycles. The first-order valence-corrected chi connectivity index (χ1v) is 13.1. The van der Waals surface area contributed by atoms with Crippen molar-refractivity contribution in [3.05, 3.63) is 83.9 Å². The van der Waals surface area contributed by atoms with Gasteiger partial charge in [-0.05, 0) is 65.4 Å². The molecule has 15 heteroatoms. The summed E-state index contributed by atoms with van der Waals surface area (Å²) in [5, 5.41) is 0. The zero-order valence-corrected chi connectivity index (χ0v) is 23.3. The van der Waals surface area contributed by atoms with Gasteiger partial charge in [0.05, 0.1) is 5.56 Å². The molecule has 0 saturated carbocycles. The topological polar surface area (TPSA) is 35.5 Å². The first-order chi connectivity index (χ1) is 20.7. The van der Waals surface area contributed by atoms with Gasteiger partial charge in [0.25, 0.3) is 0 Å². The van der Waals surface area contributed by atoms with Gasteiger partial charge in [-0.15, -0.1) is 0 Å². The predicted molar refractivity (Wildman–Crippen MR) is 138 cm³/mol. The van der Waals surface area contributed by atoms with E-state index in [4.69, 9.17) is 4.74 Å². The van der Waals surface area contributed by atoms with Crippen molar-refractivity contribution in [1.29, 1.82) is 0 Å². The van der Waals surface area contributed by atoms with Gasteiger partial charge >= 0.3 is 42.2 Å². The van der Waals surface area contributed by atoms with Crippen LogP contribution in [0.1, 0.15) is 36.2 Å². The Balaban J connectivity index is 1.65. The van der Waals surface area contributed by atoms with E-state index in [0.717, 1.165) is 36.1 Å². The average molecular weight is 660 g/mol. The fourth-order valence-corrected chi connectivity index (χ4v) is 3.85. The van der Waals surface area contributed by atoms with Crippen molar-refractivity contribution in [2.75, 3.05) is 0 Å². The number of ether oxygens (including phenoxy) is 2. The largest absolute Gasteiger partial charge is 0.460 e. The van der Waals surface area contributed by atoms with E-state index in [0.29, 0.717) is 18.1 Å². The summed E-state index contributed by atoms with van der Waals surface area (Å²) in [6.07, 6.45) is -10.2. The maximum Gasteiger partial charge on any atom is 0.460 e. The molecule has 0 spiro atoms. The number of carbonyl (C=O) groups excluding carboxylic acids is 1. The number of rotatable bonds is 12. The molecule has 0 radical (unpaired) electrons. The molecule has 0 aliphatic heterocycles. The Hall–Kier alpha value is -3.91. The summed E-state index contributed by atoms with van der Waals surface area (Å²) in [6.45, 7) is 4.25. The zero-order chi connectivity index (χ0) is 34.0. The Morgan fingerprint density at radius 3 is 1.60 bits per heavy atom. The zero-order valence-electron chi connectivity index (χ0n) is 23.3. The maximum absolute atomic E-state index is 14.0. The molecule has 246 valence electrons. The van der Waals surface area contributed by atoms with Gasteiger partial charge in [0.2, 0.25) is 0 Å². The molecule has 3 rings (SSSR count). The summed E-state index contributed by atoms with van der Waals surface area (Å²) < 4.78 is 167. The fourth-order valence-electron chi connectivity index (χ4n) is 3.85. The second-order valence-electron chi connectivity index (χ2n) is 10.1. The van der Waals surface area contributed by atoms with Crippen LogP contribution in [0.25, 0.3) is 11.1 Å².